The number of hydrogen-bond acceptors (Lipinski definition) is 1. The second kappa shape index (κ2) is 3.89. The van der Waals surface area contributed by atoms with E-state index in [4.69, 9.17) is 0 Å². The van der Waals surface area contributed by atoms with Crippen molar-refractivity contribution in [3.8, 4) is 0 Å². The van der Waals surface area contributed by atoms with Crippen molar-refractivity contribution in [1.29, 1.82) is 0 Å². The van der Waals surface area contributed by atoms with E-state index in [1.165, 1.54) is 43.5 Å². The van der Waals surface area contributed by atoms with Gasteiger partial charge in [0.15, 0.2) is 0 Å². The van der Waals surface area contributed by atoms with E-state index in [0.717, 1.165) is 5.92 Å². The van der Waals surface area contributed by atoms with Gasteiger partial charge in [0.1, 0.15) is 0 Å². The molecule has 0 aliphatic carbocycles. The van der Waals surface area contributed by atoms with Gasteiger partial charge in [-0.1, -0.05) is 23.8 Å². The Morgan fingerprint density at radius 2 is 1.88 bits per heavy atom. The van der Waals surface area contributed by atoms with E-state index >= 15 is 0 Å². The van der Waals surface area contributed by atoms with Crippen LogP contribution in [0, 0.1) is 19.8 Å². The van der Waals surface area contributed by atoms with Crippen molar-refractivity contribution in [1.82, 2.24) is 4.90 Å². The van der Waals surface area contributed by atoms with Crippen molar-refractivity contribution in [2.45, 2.75) is 39.2 Å². The fourth-order valence-electron chi connectivity index (χ4n) is 3.41. The number of hydrogen-bond donors (Lipinski definition) is 0. The lowest BCUT2D eigenvalue weighted by molar-refractivity contribution is 0.0487. The minimum absolute atomic E-state index is 0.715. The van der Waals surface area contributed by atoms with Crippen LogP contribution in [0.5, 0.6) is 0 Å². The zero-order valence-electron chi connectivity index (χ0n) is 10.4. The smallest absolute Gasteiger partial charge is 0.0353 e. The minimum Gasteiger partial charge on any atom is -0.296 e. The van der Waals surface area contributed by atoms with E-state index in [1.807, 2.05) is 0 Å². The van der Waals surface area contributed by atoms with Gasteiger partial charge >= 0.3 is 0 Å². The minimum atomic E-state index is 0.715. The summed E-state index contributed by atoms with van der Waals surface area (Å²) in [7, 11) is 0. The monoisotopic (exact) mass is 215 g/mol. The Kier molecular flexibility index (Phi) is 2.51. The van der Waals surface area contributed by atoms with Gasteiger partial charge in [0.05, 0.1) is 0 Å². The highest BCUT2D eigenvalue weighted by Gasteiger charge is 2.34. The first-order chi connectivity index (χ1) is 7.74. The van der Waals surface area contributed by atoms with Gasteiger partial charge in [-0.2, -0.15) is 0 Å². The van der Waals surface area contributed by atoms with Crippen LogP contribution < -0.4 is 0 Å². The molecule has 0 saturated carbocycles. The van der Waals surface area contributed by atoms with Gasteiger partial charge in [0.2, 0.25) is 0 Å². The number of rotatable bonds is 1. The van der Waals surface area contributed by atoms with Crippen molar-refractivity contribution >= 4 is 0 Å². The van der Waals surface area contributed by atoms with Crippen molar-refractivity contribution < 1.29 is 0 Å². The fraction of sp³-hybridized carbons (Fsp3) is 0.600. The number of fused-ring (bicyclic) bond motifs is 3. The van der Waals surface area contributed by atoms with Crippen molar-refractivity contribution in [2.75, 3.05) is 13.1 Å². The first-order valence-electron chi connectivity index (χ1n) is 6.55. The first kappa shape index (κ1) is 10.3. The summed E-state index contributed by atoms with van der Waals surface area (Å²) in [5, 5.41) is 0. The summed E-state index contributed by atoms with van der Waals surface area (Å²) in [4.78, 5) is 2.70. The Bertz CT molecular complexity index is 388. The van der Waals surface area contributed by atoms with E-state index in [-0.39, 0.29) is 0 Å². The van der Waals surface area contributed by atoms with Crippen LogP contribution in [0.1, 0.15) is 42.0 Å². The van der Waals surface area contributed by atoms with Crippen molar-refractivity contribution in [3.63, 3.8) is 0 Å². The molecule has 1 aromatic carbocycles. The van der Waals surface area contributed by atoms with Crippen LogP contribution in [0.4, 0.5) is 0 Å². The van der Waals surface area contributed by atoms with Crippen LogP contribution >= 0.6 is 0 Å². The predicted molar refractivity (Wildman–Crippen MR) is 67.6 cm³/mol. The summed E-state index contributed by atoms with van der Waals surface area (Å²) in [6.07, 6.45) is 4.26. The highest BCUT2D eigenvalue weighted by atomic mass is 15.2. The van der Waals surface area contributed by atoms with Gasteiger partial charge in [-0.3, -0.25) is 4.90 Å². The third-order valence-electron chi connectivity index (χ3n) is 4.44. The lowest BCUT2D eigenvalue weighted by Crippen LogP contribution is -2.43. The van der Waals surface area contributed by atoms with E-state index in [1.54, 1.807) is 5.56 Å². The maximum atomic E-state index is 2.70. The summed E-state index contributed by atoms with van der Waals surface area (Å²) >= 11 is 0. The quantitative estimate of drug-likeness (QED) is 0.693. The average Bonchev–Trinajstić information content (AvgIpc) is 2.34. The molecule has 1 unspecified atom stereocenters. The van der Waals surface area contributed by atoms with E-state index in [9.17, 15) is 0 Å². The Hall–Kier alpha value is -0.820. The zero-order chi connectivity index (χ0) is 11.1. The fourth-order valence-corrected chi connectivity index (χ4v) is 3.41. The molecule has 0 amide bonds. The van der Waals surface area contributed by atoms with Gasteiger partial charge in [0.25, 0.3) is 0 Å². The van der Waals surface area contributed by atoms with Gasteiger partial charge in [-0.25, -0.2) is 0 Å². The molecular formula is C15H21N. The summed E-state index contributed by atoms with van der Waals surface area (Å²) in [6, 6.07) is 7.64. The molecule has 2 bridgehead atoms. The Morgan fingerprint density at radius 1 is 1.12 bits per heavy atom. The van der Waals surface area contributed by atoms with Crippen LogP contribution in [0.2, 0.25) is 0 Å². The molecule has 1 nitrogen and oxygen atoms in total. The molecule has 1 aromatic rings. The number of piperidine rings is 3. The van der Waals surface area contributed by atoms with E-state index in [2.05, 4.69) is 36.9 Å². The van der Waals surface area contributed by atoms with E-state index in [0.29, 0.717) is 6.04 Å². The second-order valence-electron chi connectivity index (χ2n) is 5.59. The Labute approximate surface area is 98.5 Å². The molecule has 86 valence electrons. The molecule has 0 radical (unpaired) electrons. The third-order valence-corrected chi connectivity index (χ3v) is 4.44. The topological polar surface area (TPSA) is 3.24 Å². The molecule has 0 N–H and O–H groups in total. The van der Waals surface area contributed by atoms with Crippen LogP contribution in [-0.4, -0.2) is 18.0 Å². The molecule has 3 aliphatic heterocycles. The highest BCUT2D eigenvalue weighted by Crippen LogP contribution is 2.41. The van der Waals surface area contributed by atoms with Gasteiger partial charge in [0, 0.05) is 6.04 Å². The van der Waals surface area contributed by atoms with Crippen LogP contribution in [0.3, 0.4) is 0 Å². The van der Waals surface area contributed by atoms with E-state index < -0.39 is 0 Å². The SMILES string of the molecule is Cc1ccc(C)c(C2CC3CCN2CC3)c1. The molecule has 3 heterocycles. The summed E-state index contributed by atoms with van der Waals surface area (Å²) in [5.41, 5.74) is 4.47. The third kappa shape index (κ3) is 1.67. The first-order valence-corrected chi connectivity index (χ1v) is 6.55. The number of aryl methyl sites for hydroxylation is 2. The van der Waals surface area contributed by atoms with Crippen molar-refractivity contribution in [2.24, 2.45) is 5.92 Å². The number of benzene rings is 1. The second-order valence-corrected chi connectivity index (χ2v) is 5.59. The average molecular weight is 215 g/mol. The predicted octanol–water partition coefficient (Wildman–Crippen LogP) is 3.46. The van der Waals surface area contributed by atoms with Gasteiger partial charge < -0.3 is 0 Å². The maximum absolute atomic E-state index is 2.70. The standard InChI is InChI=1S/C15H21N/c1-11-3-4-12(2)14(9-11)15-10-13-5-7-16(15)8-6-13/h3-4,9,13,15H,5-8,10H2,1-2H3. The van der Waals surface area contributed by atoms with Crippen LogP contribution in [-0.2, 0) is 0 Å². The molecular weight excluding hydrogens is 194 g/mol. The summed E-state index contributed by atoms with van der Waals surface area (Å²) in [6.45, 7) is 7.11. The van der Waals surface area contributed by atoms with Crippen LogP contribution in [0.15, 0.2) is 18.2 Å². The molecule has 3 aliphatic rings. The normalized spacial score (nSPS) is 33.0. The highest BCUT2D eigenvalue weighted by molar-refractivity contribution is 5.33. The zero-order valence-corrected chi connectivity index (χ0v) is 10.4. The molecule has 1 atom stereocenters. The molecule has 0 spiro atoms. The molecule has 16 heavy (non-hydrogen) atoms. The molecule has 0 aromatic heterocycles. The largest absolute Gasteiger partial charge is 0.296 e. The molecule has 3 saturated heterocycles. The van der Waals surface area contributed by atoms with Gasteiger partial charge in [-0.05, 0) is 63.2 Å². The lowest BCUT2D eigenvalue weighted by atomic mass is 9.79. The maximum Gasteiger partial charge on any atom is 0.0353 e. The van der Waals surface area contributed by atoms with Gasteiger partial charge in [-0.15, -0.1) is 0 Å². The summed E-state index contributed by atoms with van der Waals surface area (Å²) < 4.78 is 0. The molecule has 3 fully saturated rings. The van der Waals surface area contributed by atoms with Crippen molar-refractivity contribution in [3.05, 3.63) is 34.9 Å². The van der Waals surface area contributed by atoms with Crippen LogP contribution in [0.25, 0.3) is 0 Å². The summed E-state index contributed by atoms with van der Waals surface area (Å²) in [5.74, 6) is 0.995. The molecule has 4 rings (SSSR count). The molecule has 1 heteroatoms. The Balaban J connectivity index is 1.94. The number of nitrogens with zero attached hydrogens (tertiary/aromatic N) is 1. The lowest BCUT2D eigenvalue weighted by Gasteiger charge is -2.46. The Morgan fingerprint density at radius 3 is 2.50 bits per heavy atom.